The highest BCUT2D eigenvalue weighted by Gasteiger charge is 2.20. The van der Waals surface area contributed by atoms with E-state index in [-0.39, 0.29) is 20.1 Å². The van der Waals surface area contributed by atoms with Crippen molar-refractivity contribution in [1.82, 2.24) is 0 Å². The number of aryl methyl sites for hydroxylation is 2. The fourth-order valence-electron chi connectivity index (χ4n) is 3.12. The van der Waals surface area contributed by atoms with Crippen molar-refractivity contribution in [2.75, 3.05) is 27.2 Å². The highest BCUT2D eigenvalue weighted by atomic mass is 31.1. The Balaban J connectivity index is 2.55. The minimum Gasteiger partial charge on any atom is -0.467 e. The summed E-state index contributed by atoms with van der Waals surface area (Å²) in [4.78, 5) is 0. The molecule has 0 aliphatic carbocycles. The quantitative estimate of drug-likeness (QED) is 0.451. The Kier molecular flexibility index (Phi) is 7.87. The number of ether oxygens (including phenoxy) is 2. The predicted octanol–water partition coefficient (Wildman–Crippen LogP) is 5.45. The van der Waals surface area contributed by atoms with Crippen LogP contribution in [0.5, 0.6) is 5.75 Å². The van der Waals surface area contributed by atoms with E-state index in [9.17, 15) is 0 Å². The Bertz CT molecular complexity index is 777. The number of benzene rings is 2. The molecule has 2 nitrogen and oxygen atoms in total. The molecule has 2 aromatic carbocycles. The molecule has 0 amide bonds. The molecule has 0 spiro atoms. The molecule has 0 aromatic heterocycles. The molecular formula is C23H34O2P2. The van der Waals surface area contributed by atoms with Crippen LogP contribution in [0.15, 0.2) is 30.3 Å². The minimum atomic E-state index is 0.0252. The lowest BCUT2D eigenvalue weighted by molar-refractivity contribution is 0.0514. The summed E-state index contributed by atoms with van der Waals surface area (Å²) >= 11 is 0. The van der Waals surface area contributed by atoms with Crippen LogP contribution in [0.1, 0.15) is 43.0 Å². The molecule has 0 saturated heterocycles. The molecule has 0 saturated carbocycles. The van der Waals surface area contributed by atoms with E-state index in [1.807, 2.05) is 0 Å². The summed E-state index contributed by atoms with van der Waals surface area (Å²) in [6.07, 6.45) is 1.17. The Morgan fingerprint density at radius 3 is 2.33 bits per heavy atom. The summed E-state index contributed by atoms with van der Waals surface area (Å²) in [6.45, 7) is 16.2. The molecule has 0 radical (unpaired) electrons. The molecule has 0 N–H and O–H groups in total. The largest absolute Gasteiger partial charge is 0.467 e. The zero-order valence-electron chi connectivity index (χ0n) is 18.1. The average molecular weight is 404 g/mol. The van der Waals surface area contributed by atoms with Crippen molar-refractivity contribution < 1.29 is 9.47 Å². The molecule has 148 valence electrons. The monoisotopic (exact) mass is 404 g/mol. The van der Waals surface area contributed by atoms with E-state index in [4.69, 9.17) is 9.47 Å². The summed E-state index contributed by atoms with van der Waals surface area (Å²) in [5.41, 5.74) is 5.51. The third-order valence-electron chi connectivity index (χ3n) is 4.57. The fraction of sp³-hybridized carbons (Fsp3) is 0.478. The van der Waals surface area contributed by atoms with Crippen molar-refractivity contribution in [1.29, 1.82) is 0 Å². The third-order valence-corrected chi connectivity index (χ3v) is 7.15. The Hall–Kier alpha value is -0.940. The smallest absolute Gasteiger partial charge is 0.188 e. The van der Waals surface area contributed by atoms with E-state index in [0.29, 0.717) is 8.58 Å². The first-order valence-electron chi connectivity index (χ1n) is 9.40. The van der Waals surface area contributed by atoms with E-state index < -0.39 is 0 Å². The zero-order chi connectivity index (χ0) is 20.2. The van der Waals surface area contributed by atoms with Gasteiger partial charge in [0.25, 0.3) is 0 Å². The van der Waals surface area contributed by atoms with Crippen molar-refractivity contribution in [3.63, 3.8) is 0 Å². The van der Waals surface area contributed by atoms with Crippen LogP contribution in [0, 0.1) is 13.8 Å². The average Bonchev–Trinajstić information content (AvgIpc) is 2.55. The molecule has 2 aromatic rings. The third kappa shape index (κ3) is 6.02. The van der Waals surface area contributed by atoms with Crippen LogP contribution in [-0.2, 0) is 16.3 Å². The van der Waals surface area contributed by atoms with Crippen molar-refractivity contribution in [2.24, 2.45) is 0 Å². The van der Waals surface area contributed by atoms with Crippen molar-refractivity contribution in [3.8, 4) is 5.75 Å². The second-order valence-corrected chi connectivity index (χ2v) is 12.2. The first kappa shape index (κ1) is 22.4. The van der Waals surface area contributed by atoms with Gasteiger partial charge in [0.15, 0.2) is 6.79 Å². The molecule has 0 fully saturated rings. The second kappa shape index (κ2) is 9.51. The van der Waals surface area contributed by atoms with Crippen molar-refractivity contribution in [3.05, 3.63) is 52.6 Å². The van der Waals surface area contributed by atoms with Gasteiger partial charge in [-0.1, -0.05) is 53.6 Å². The van der Waals surface area contributed by atoms with Gasteiger partial charge >= 0.3 is 0 Å². The maximum absolute atomic E-state index is 6.01. The number of hydrogen-bond donors (Lipinski definition) is 0. The minimum absolute atomic E-state index is 0.0252. The van der Waals surface area contributed by atoms with Gasteiger partial charge < -0.3 is 9.47 Å². The van der Waals surface area contributed by atoms with Gasteiger partial charge in [0, 0.05) is 12.4 Å². The number of hydrogen-bond acceptors (Lipinski definition) is 2. The van der Waals surface area contributed by atoms with Gasteiger partial charge in [0.2, 0.25) is 0 Å². The Morgan fingerprint density at radius 2 is 1.74 bits per heavy atom. The number of methoxy groups -OCH3 is 1. The summed E-state index contributed by atoms with van der Waals surface area (Å²) in [5, 5.41) is 2.76. The molecule has 0 aliphatic heterocycles. The normalized spacial score (nSPS) is 12.3. The van der Waals surface area contributed by atoms with Gasteiger partial charge in [-0.05, 0) is 72.4 Å². The van der Waals surface area contributed by atoms with Gasteiger partial charge in [0.05, 0.1) is 0 Å². The summed E-state index contributed by atoms with van der Waals surface area (Å²) in [7, 11) is 2.28. The molecule has 4 heteroatoms. The van der Waals surface area contributed by atoms with E-state index in [1.54, 1.807) is 7.11 Å². The maximum atomic E-state index is 6.01. The molecule has 0 bridgehead atoms. The maximum Gasteiger partial charge on any atom is 0.188 e. The van der Waals surface area contributed by atoms with E-state index in [1.165, 1.54) is 39.0 Å². The highest BCUT2D eigenvalue weighted by molar-refractivity contribution is 7.57. The van der Waals surface area contributed by atoms with Gasteiger partial charge in [0.1, 0.15) is 5.75 Å². The molecule has 1 unspecified atom stereocenters. The van der Waals surface area contributed by atoms with Crippen LogP contribution in [0.4, 0.5) is 0 Å². The first-order valence-corrected chi connectivity index (χ1v) is 12.8. The first-order chi connectivity index (χ1) is 12.6. The lowest BCUT2D eigenvalue weighted by Crippen LogP contribution is -2.19. The van der Waals surface area contributed by atoms with Crippen LogP contribution in [0.3, 0.4) is 0 Å². The molecule has 0 heterocycles. The van der Waals surface area contributed by atoms with Crippen LogP contribution in [0.25, 0.3) is 0 Å². The molecular weight excluding hydrogens is 370 g/mol. The van der Waals surface area contributed by atoms with E-state index in [2.05, 4.69) is 78.3 Å². The highest BCUT2D eigenvalue weighted by Crippen LogP contribution is 2.34. The summed E-state index contributed by atoms with van der Waals surface area (Å²) < 4.78 is 11.2. The van der Waals surface area contributed by atoms with Crippen molar-refractivity contribution in [2.45, 2.75) is 46.2 Å². The lowest BCUT2D eigenvalue weighted by atomic mass is 9.86. The molecule has 2 rings (SSSR count). The van der Waals surface area contributed by atoms with Gasteiger partial charge in [-0.15, -0.1) is 7.92 Å². The van der Waals surface area contributed by atoms with E-state index >= 15 is 0 Å². The second-order valence-electron chi connectivity index (χ2n) is 8.44. The van der Waals surface area contributed by atoms with Gasteiger partial charge in [-0.2, -0.15) is 0 Å². The fourth-order valence-corrected chi connectivity index (χ4v) is 5.71. The van der Waals surface area contributed by atoms with Crippen LogP contribution in [-0.4, -0.2) is 27.2 Å². The molecule has 1 atom stereocenters. The van der Waals surface area contributed by atoms with E-state index in [0.717, 1.165) is 5.75 Å². The Labute approximate surface area is 168 Å². The van der Waals surface area contributed by atoms with Crippen LogP contribution >= 0.6 is 16.5 Å². The Morgan fingerprint density at radius 1 is 1.04 bits per heavy atom. The summed E-state index contributed by atoms with van der Waals surface area (Å²) in [5.74, 6) is 0.979. The SMILES string of the molecule is COCOc1c(C)cc(C(C)(C)C)cc1Pc1c(C)cccc1CP(C)C. The summed E-state index contributed by atoms with van der Waals surface area (Å²) in [6, 6.07) is 11.3. The van der Waals surface area contributed by atoms with Crippen LogP contribution < -0.4 is 15.3 Å². The van der Waals surface area contributed by atoms with Crippen molar-refractivity contribution >= 4 is 27.1 Å². The topological polar surface area (TPSA) is 18.5 Å². The zero-order valence-corrected chi connectivity index (χ0v) is 20.0. The van der Waals surface area contributed by atoms with Gasteiger partial charge in [-0.25, -0.2) is 0 Å². The molecule has 27 heavy (non-hydrogen) atoms. The molecule has 0 aliphatic rings. The van der Waals surface area contributed by atoms with Crippen LogP contribution in [0.2, 0.25) is 0 Å². The standard InChI is InChI=1S/C23H34O2P2/c1-16-10-9-11-18(14-27(7)8)22(16)26-20-13-19(23(3,4)5)12-17(2)21(20)25-15-24-6/h9-13,26H,14-15H2,1-8H3. The lowest BCUT2D eigenvalue weighted by Gasteiger charge is -2.24. The predicted molar refractivity (Wildman–Crippen MR) is 124 cm³/mol. The number of rotatable bonds is 7. The van der Waals surface area contributed by atoms with Gasteiger partial charge in [-0.3, -0.25) is 0 Å².